The number of rotatable bonds is 2. The molecule has 6 nitrogen and oxygen atoms in total. The van der Waals surface area contributed by atoms with Gasteiger partial charge in [0.15, 0.2) is 0 Å². The van der Waals surface area contributed by atoms with Crippen LogP contribution in [0.3, 0.4) is 0 Å². The Kier molecular flexibility index (Phi) is 4.33. The predicted molar refractivity (Wildman–Crippen MR) is 87.5 cm³/mol. The molecule has 0 unspecified atom stereocenters. The fourth-order valence-corrected chi connectivity index (χ4v) is 2.98. The van der Waals surface area contributed by atoms with Crippen LogP contribution in [0.5, 0.6) is 0 Å². The third-order valence-corrected chi connectivity index (χ3v) is 4.53. The zero-order valence-corrected chi connectivity index (χ0v) is 13.5. The number of aliphatic hydroxyl groups is 3. The fraction of sp³-hybridized carbons (Fsp3) is 0.250. The molecule has 1 aromatic heterocycles. The van der Waals surface area contributed by atoms with E-state index in [0.29, 0.717) is 10.2 Å². The van der Waals surface area contributed by atoms with Gasteiger partial charge in [-0.15, -0.1) is 11.5 Å². The molecule has 0 fully saturated rings. The molecule has 1 heterocycles. The van der Waals surface area contributed by atoms with Gasteiger partial charge >= 0.3 is 0 Å². The molecule has 7 heteroatoms. The summed E-state index contributed by atoms with van der Waals surface area (Å²) in [6.07, 6.45) is 4.95. The predicted octanol–water partition coefficient (Wildman–Crippen LogP) is 0.843. The zero-order valence-electron chi connectivity index (χ0n) is 11.9. The van der Waals surface area contributed by atoms with E-state index >= 15 is 0 Å². The van der Waals surface area contributed by atoms with Crippen LogP contribution in [0.25, 0.3) is 11.3 Å². The van der Waals surface area contributed by atoms with Crippen LogP contribution in [0.2, 0.25) is 0 Å². The monoisotopic (exact) mass is 375 g/mol. The zero-order chi connectivity index (χ0) is 16.6. The highest BCUT2D eigenvalue weighted by Gasteiger charge is 2.38. The van der Waals surface area contributed by atoms with Gasteiger partial charge in [-0.25, -0.2) is 4.68 Å². The van der Waals surface area contributed by atoms with Crippen molar-refractivity contribution in [1.29, 1.82) is 0 Å². The van der Waals surface area contributed by atoms with E-state index in [4.69, 9.17) is 6.42 Å². The summed E-state index contributed by atoms with van der Waals surface area (Å²) in [5, 5.41) is 37.8. The summed E-state index contributed by atoms with van der Waals surface area (Å²) in [5.41, 5.74) is 2.22. The Balaban J connectivity index is 1.91. The fourth-order valence-electron chi connectivity index (χ4n) is 2.44. The molecule has 2 aromatic rings. The Morgan fingerprint density at radius 1 is 1.13 bits per heavy atom. The Labute approximate surface area is 141 Å². The van der Waals surface area contributed by atoms with Crippen LogP contribution in [-0.2, 0) is 0 Å². The number of halogens is 1. The first-order valence-electron chi connectivity index (χ1n) is 6.91. The summed E-state index contributed by atoms with van der Waals surface area (Å²) >= 11 is 3.19. The Morgan fingerprint density at radius 3 is 2.48 bits per heavy atom. The van der Waals surface area contributed by atoms with E-state index in [1.165, 1.54) is 4.68 Å². The Bertz CT molecular complexity index is 779. The largest absolute Gasteiger partial charge is 0.388 e. The molecule has 0 saturated carbocycles. The summed E-state index contributed by atoms with van der Waals surface area (Å²) in [6.45, 7) is 0. The van der Waals surface area contributed by atoms with Gasteiger partial charge in [0.25, 0.3) is 0 Å². The lowest BCUT2D eigenvalue weighted by atomic mass is 9.94. The minimum absolute atomic E-state index is 0.399. The first-order valence-corrected chi connectivity index (χ1v) is 7.71. The summed E-state index contributed by atoms with van der Waals surface area (Å²) in [6, 6.07) is 6.66. The lowest BCUT2D eigenvalue weighted by Crippen LogP contribution is -2.45. The van der Waals surface area contributed by atoms with E-state index in [0.717, 1.165) is 11.1 Å². The maximum atomic E-state index is 10.1. The third-order valence-electron chi connectivity index (χ3n) is 3.80. The van der Waals surface area contributed by atoms with Gasteiger partial charge in [-0.2, -0.15) is 0 Å². The standard InChI is InChI=1S/C16H14BrN3O3/c1-2-9-3-5-10(6-4-9)12-8-20(19-18-12)13-7-11(17)14(21)16(23)15(13)22/h1,3-8,13-16,21-23H/t13-,14-,15-,16-/m1/s1. The van der Waals surface area contributed by atoms with Crippen molar-refractivity contribution in [2.75, 3.05) is 0 Å². The summed E-state index contributed by atoms with van der Waals surface area (Å²) in [7, 11) is 0. The lowest BCUT2D eigenvalue weighted by molar-refractivity contribution is -0.0653. The second-order valence-corrected chi connectivity index (χ2v) is 6.19. The maximum absolute atomic E-state index is 10.1. The van der Waals surface area contributed by atoms with E-state index in [2.05, 4.69) is 32.2 Å². The van der Waals surface area contributed by atoms with Crippen LogP contribution in [0, 0.1) is 12.3 Å². The SMILES string of the molecule is C#Cc1ccc(-c2cn([C@@H]3C=C(Br)[C@@H](O)[C@@H](O)[C@@H]3O)nn2)cc1. The van der Waals surface area contributed by atoms with Gasteiger partial charge in [0.1, 0.15) is 30.0 Å². The van der Waals surface area contributed by atoms with Crippen molar-refractivity contribution in [2.45, 2.75) is 24.4 Å². The van der Waals surface area contributed by atoms with Crippen molar-refractivity contribution < 1.29 is 15.3 Å². The number of nitrogens with zero attached hydrogens (tertiary/aromatic N) is 3. The van der Waals surface area contributed by atoms with Crippen molar-refractivity contribution in [3.05, 3.63) is 46.6 Å². The number of hydrogen-bond acceptors (Lipinski definition) is 5. The normalized spacial score (nSPS) is 27.3. The molecule has 3 N–H and O–H groups in total. The highest BCUT2D eigenvalue weighted by molar-refractivity contribution is 9.11. The number of benzene rings is 1. The second-order valence-electron chi connectivity index (χ2n) is 5.27. The smallest absolute Gasteiger partial charge is 0.114 e. The average molecular weight is 376 g/mol. The Hall–Kier alpha value is -1.98. The van der Waals surface area contributed by atoms with E-state index in [1.807, 2.05) is 12.1 Å². The molecule has 1 aliphatic rings. The van der Waals surface area contributed by atoms with Crippen LogP contribution in [0.15, 0.2) is 41.0 Å². The van der Waals surface area contributed by atoms with Crippen molar-refractivity contribution in [1.82, 2.24) is 15.0 Å². The summed E-state index contributed by atoms with van der Waals surface area (Å²) in [4.78, 5) is 0. The van der Waals surface area contributed by atoms with E-state index in [-0.39, 0.29) is 0 Å². The topological polar surface area (TPSA) is 91.4 Å². The molecule has 0 radical (unpaired) electrons. The second kappa shape index (κ2) is 6.26. The minimum atomic E-state index is -1.30. The van der Waals surface area contributed by atoms with Gasteiger partial charge in [0.05, 0.1) is 6.20 Å². The van der Waals surface area contributed by atoms with Crippen LogP contribution in [-0.4, -0.2) is 48.6 Å². The summed E-state index contributed by atoms with van der Waals surface area (Å²) < 4.78 is 1.85. The van der Waals surface area contributed by atoms with Gasteiger partial charge in [-0.3, -0.25) is 0 Å². The van der Waals surface area contributed by atoms with Gasteiger partial charge in [0, 0.05) is 15.6 Å². The van der Waals surface area contributed by atoms with Gasteiger partial charge < -0.3 is 15.3 Å². The first-order chi connectivity index (χ1) is 11.0. The molecule has 0 bridgehead atoms. The quantitative estimate of drug-likeness (QED) is 0.676. The van der Waals surface area contributed by atoms with E-state index in [1.54, 1.807) is 24.4 Å². The molecule has 23 heavy (non-hydrogen) atoms. The van der Waals surface area contributed by atoms with E-state index in [9.17, 15) is 15.3 Å². The molecular formula is C16H14BrN3O3. The van der Waals surface area contributed by atoms with Crippen LogP contribution < -0.4 is 0 Å². The maximum Gasteiger partial charge on any atom is 0.114 e. The number of aliphatic hydroxyl groups excluding tert-OH is 3. The minimum Gasteiger partial charge on any atom is -0.388 e. The van der Waals surface area contributed by atoms with Crippen molar-refractivity contribution in [3.63, 3.8) is 0 Å². The Morgan fingerprint density at radius 2 is 1.83 bits per heavy atom. The molecule has 0 spiro atoms. The average Bonchev–Trinajstić information content (AvgIpc) is 3.06. The molecule has 0 saturated heterocycles. The van der Waals surface area contributed by atoms with Crippen LogP contribution >= 0.6 is 15.9 Å². The van der Waals surface area contributed by atoms with Crippen molar-refractivity contribution >= 4 is 15.9 Å². The molecule has 118 valence electrons. The van der Waals surface area contributed by atoms with Crippen LogP contribution in [0.1, 0.15) is 11.6 Å². The van der Waals surface area contributed by atoms with Crippen molar-refractivity contribution in [2.24, 2.45) is 0 Å². The molecule has 0 amide bonds. The van der Waals surface area contributed by atoms with Crippen molar-refractivity contribution in [3.8, 4) is 23.6 Å². The molecular weight excluding hydrogens is 362 g/mol. The third kappa shape index (κ3) is 2.94. The number of terminal acetylenes is 1. The van der Waals surface area contributed by atoms with Crippen LogP contribution in [0.4, 0.5) is 0 Å². The van der Waals surface area contributed by atoms with Gasteiger partial charge in [0.2, 0.25) is 0 Å². The number of aromatic nitrogens is 3. The highest BCUT2D eigenvalue weighted by atomic mass is 79.9. The van der Waals surface area contributed by atoms with Gasteiger partial charge in [-0.1, -0.05) is 39.2 Å². The number of hydrogen-bond donors (Lipinski definition) is 3. The molecule has 4 atom stereocenters. The molecule has 0 aliphatic heterocycles. The lowest BCUT2D eigenvalue weighted by Gasteiger charge is -2.32. The van der Waals surface area contributed by atoms with E-state index < -0.39 is 24.4 Å². The molecule has 1 aromatic carbocycles. The highest BCUT2D eigenvalue weighted by Crippen LogP contribution is 2.31. The molecule has 1 aliphatic carbocycles. The van der Waals surface area contributed by atoms with Gasteiger partial charge in [-0.05, 0) is 18.2 Å². The molecule has 3 rings (SSSR count). The summed E-state index contributed by atoms with van der Waals surface area (Å²) in [5.74, 6) is 2.54. The first kappa shape index (κ1) is 15.9.